The Labute approximate surface area is 116 Å². The SMILES string of the molecule is CCOc1cccc(OCc2ccoc2C(=O)NN)c1. The topological polar surface area (TPSA) is 86.7 Å². The van der Waals surface area contributed by atoms with Crippen LogP contribution in [0.2, 0.25) is 0 Å². The highest BCUT2D eigenvalue weighted by Gasteiger charge is 2.14. The van der Waals surface area contributed by atoms with Crippen LogP contribution in [0.4, 0.5) is 0 Å². The summed E-state index contributed by atoms with van der Waals surface area (Å²) in [5.74, 6) is 6.12. The number of nitrogens with one attached hydrogen (secondary N) is 1. The average Bonchev–Trinajstić information content (AvgIpc) is 2.93. The molecule has 2 rings (SSSR count). The molecule has 1 aromatic carbocycles. The summed E-state index contributed by atoms with van der Waals surface area (Å²) in [4.78, 5) is 11.4. The fourth-order valence-corrected chi connectivity index (χ4v) is 1.70. The van der Waals surface area contributed by atoms with E-state index in [1.54, 1.807) is 12.1 Å². The molecule has 0 bridgehead atoms. The molecule has 0 radical (unpaired) electrons. The van der Waals surface area contributed by atoms with Crippen molar-refractivity contribution in [1.29, 1.82) is 0 Å². The monoisotopic (exact) mass is 276 g/mol. The van der Waals surface area contributed by atoms with E-state index in [4.69, 9.17) is 19.7 Å². The van der Waals surface area contributed by atoms with Crippen molar-refractivity contribution in [3.63, 3.8) is 0 Å². The van der Waals surface area contributed by atoms with Gasteiger partial charge in [0.2, 0.25) is 0 Å². The quantitative estimate of drug-likeness (QED) is 0.478. The number of hydrogen-bond acceptors (Lipinski definition) is 5. The standard InChI is InChI=1S/C14H16N2O4/c1-2-18-11-4-3-5-12(8-11)20-9-10-6-7-19-13(10)14(17)16-15/h3-8H,2,9,15H2,1H3,(H,16,17). The summed E-state index contributed by atoms with van der Waals surface area (Å²) in [6, 6.07) is 8.94. The number of ether oxygens (including phenoxy) is 2. The van der Waals surface area contributed by atoms with Crippen LogP contribution in [0.3, 0.4) is 0 Å². The predicted molar refractivity (Wildman–Crippen MR) is 72.3 cm³/mol. The highest BCUT2D eigenvalue weighted by atomic mass is 16.5. The van der Waals surface area contributed by atoms with E-state index < -0.39 is 5.91 Å². The third-order valence-electron chi connectivity index (χ3n) is 2.59. The number of carbonyl (C=O) groups excluding carboxylic acids is 1. The van der Waals surface area contributed by atoms with Crippen molar-refractivity contribution in [2.45, 2.75) is 13.5 Å². The molecular formula is C14H16N2O4. The van der Waals surface area contributed by atoms with Gasteiger partial charge >= 0.3 is 5.91 Å². The summed E-state index contributed by atoms with van der Waals surface area (Å²) in [5.41, 5.74) is 2.64. The molecule has 0 aliphatic carbocycles. The summed E-state index contributed by atoms with van der Waals surface area (Å²) >= 11 is 0. The van der Waals surface area contributed by atoms with Crippen LogP contribution in [0.5, 0.6) is 11.5 Å². The Bertz CT molecular complexity index is 580. The van der Waals surface area contributed by atoms with E-state index in [1.807, 2.05) is 30.5 Å². The Hall–Kier alpha value is -2.47. The first-order chi connectivity index (χ1) is 9.74. The Morgan fingerprint density at radius 3 is 2.75 bits per heavy atom. The highest BCUT2D eigenvalue weighted by molar-refractivity contribution is 5.92. The molecule has 6 nitrogen and oxygen atoms in total. The number of hydrazine groups is 1. The lowest BCUT2D eigenvalue weighted by molar-refractivity contribution is 0.0922. The van der Waals surface area contributed by atoms with E-state index in [0.29, 0.717) is 17.9 Å². The van der Waals surface area contributed by atoms with Gasteiger partial charge in [-0.05, 0) is 25.1 Å². The smallest absolute Gasteiger partial charge is 0.301 e. The first-order valence-electron chi connectivity index (χ1n) is 6.17. The Kier molecular flexibility index (Phi) is 4.62. The van der Waals surface area contributed by atoms with Crippen LogP contribution in [0.15, 0.2) is 41.0 Å². The fourth-order valence-electron chi connectivity index (χ4n) is 1.70. The molecule has 20 heavy (non-hydrogen) atoms. The second kappa shape index (κ2) is 6.63. The van der Waals surface area contributed by atoms with Gasteiger partial charge in [-0.3, -0.25) is 10.2 Å². The molecule has 3 N–H and O–H groups in total. The van der Waals surface area contributed by atoms with Gasteiger partial charge in [0.05, 0.1) is 12.9 Å². The third kappa shape index (κ3) is 3.30. The van der Waals surface area contributed by atoms with Crippen LogP contribution in [-0.2, 0) is 6.61 Å². The zero-order chi connectivity index (χ0) is 14.4. The van der Waals surface area contributed by atoms with Gasteiger partial charge in [-0.2, -0.15) is 0 Å². The molecule has 1 amide bonds. The maximum atomic E-state index is 11.4. The fraction of sp³-hybridized carbons (Fsp3) is 0.214. The van der Waals surface area contributed by atoms with Gasteiger partial charge in [-0.25, -0.2) is 5.84 Å². The summed E-state index contributed by atoms with van der Waals surface area (Å²) < 4.78 is 16.1. The van der Waals surface area contributed by atoms with Crippen molar-refractivity contribution < 1.29 is 18.7 Å². The molecule has 1 heterocycles. The number of rotatable bonds is 6. The molecule has 0 saturated heterocycles. The van der Waals surface area contributed by atoms with Gasteiger partial charge in [0.25, 0.3) is 0 Å². The van der Waals surface area contributed by atoms with Gasteiger partial charge in [-0.15, -0.1) is 0 Å². The van der Waals surface area contributed by atoms with Crippen molar-refractivity contribution in [2.75, 3.05) is 6.61 Å². The van der Waals surface area contributed by atoms with Crippen LogP contribution in [0.1, 0.15) is 23.0 Å². The van der Waals surface area contributed by atoms with E-state index in [-0.39, 0.29) is 12.4 Å². The molecule has 0 spiro atoms. The Balaban J connectivity index is 2.03. The summed E-state index contributed by atoms with van der Waals surface area (Å²) in [6.07, 6.45) is 1.42. The van der Waals surface area contributed by atoms with E-state index in [1.165, 1.54) is 6.26 Å². The van der Waals surface area contributed by atoms with E-state index in [2.05, 4.69) is 0 Å². The van der Waals surface area contributed by atoms with Gasteiger partial charge in [0.15, 0.2) is 5.76 Å². The number of amides is 1. The molecule has 0 aliphatic rings. The van der Waals surface area contributed by atoms with Crippen molar-refractivity contribution >= 4 is 5.91 Å². The minimum Gasteiger partial charge on any atom is -0.494 e. The maximum absolute atomic E-state index is 11.4. The zero-order valence-electron chi connectivity index (χ0n) is 11.1. The summed E-state index contributed by atoms with van der Waals surface area (Å²) in [5, 5.41) is 0. The first-order valence-corrected chi connectivity index (χ1v) is 6.17. The molecule has 1 aromatic heterocycles. The third-order valence-corrected chi connectivity index (χ3v) is 2.59. The van der Waals surface area contributed by atoms with E-state index in [9.17, 15) is 4.79 Å². The van der Waals surface area contributed by atoms with Gasteiger partial charge in [-0.1, -0.05) is 6.07 Å². The molecule has 0 atom stereocenters. The lowest BCUT2D eigenvalue weighted by atomic mass is 10.2. The Morgan fingerprint density at radius 2 is 2.05 bits per heavy atom. The van der Waals surface area contributed by atoms with Crippen molar-refractivity contribution in [3.05, 3.63) is 47.9 Å². The summed E-state index contributed by atoms with van der Waals surface area (Å²) in [6.45, 7) is 2.71. The van der Waals surface area contributed by atoms with Crippen LogP contribution in [-0.4, -0.2) is 12.5 Å². The number of nitrogens with two attached hydrogens (primary N) is 1. The van der Waals surface area contributed by atoms with Crippen molar-refractivity contribution in [3.8, 4) is 11.5 Å². The van der Waals surface area contributed by atoms with Crippen molar-refractivity contribution in [2.24, 2.45) is 5.84 Å². The second-order valence-electron chi connectivity index (χ2n) is 3.94. The zero-order valence-corrected chi connectivity index (χ0v) is 11.1. The number of benzene rings is 1. The molecule has 2 aromatic rings. The van der Waals surface area contributed by atoms with E-state index in [0.717, 1.165) is 5.75 Å². The van der Waals surface area contributed by atoms with E-state index >= 15 is 0 Å². The van der Waals surface area contributed by atoms with Gasteiger partial charge in [0, 0.05) is 11.6 Å². The first kappa shape index (κ1) is 14.0. The largest absolute Gasteiger partial charge is 0.494 e. The molecule has 0 aliphatic heterocycles. The number of carbonyl (C=O) groups is 1. The normalized spacial score (nSPS) is 10.1. The number of furan rings is 1. The molecule has 6 heteroatoms. The van der Waals surface area contributed by atoms with Crippen LogP contribution >= 0.6 is 0 Å². The minimum atomic E-state index is -0.489. The average molecular weight is 276 g/mol. The number of hydrogen-bond donors (Lipinski definition) is 2. The minimum absolute atomic E-state index is 0.147. The highest BCUT2D eigenvalue weighted by Crippen LogP contribution is 2.21. The maximum Gasteiger partial charge on any atom is 0.301 e. The molecular weight excluding hydrogens is 260 g/mol. The molecule has 0 saturated carbocycles. The Morgan fingerprint density at radius 1 is 1.30 bits per heavy atom. The second-order valence-corrected chi connectivity index (χ2v) is 3.94. The van der Waals surface area contributed by atoms with Crippen molar-refractivity contribution in [1.82, 2.24) is 5.43 Å². The van der Waals surface area contributed by atoms with Gasteiger partial charge < -0.3 is 13.9 Å². The number of nitrogen functional groups attached to an aromatic ring is 1. The lowest BCUT2D eigenvalue weighted by Gasteiger charge is -2.08. The van der Waals surface area contributed by atoms with Crippen LogP contribution in [0.25, 0.3) is 0 Å². The van der Waals surface area contributed by atoms with Crippen LogP contribution < -0.4 is 20.7 Å². The molecule has 106 valence electrons. The molecule has 0 fully saturated rings. The van der Waals surface area contributed by atoms with Crippen LogP contribution in [0, 0.1) is 0 Å². The summed E-state index contributed by atoms with van der Waals surface area (Å²) in [7, 11) is 0. The molecule has 0 unspecified atom stereocenters. The van der Waals surface area contributed by atoms with Gasteiger partial charge in [0.1, 0.15) is 18.1 Å². The predicted octanol–water partition coefficient (Wildman–Crippen LogP) is 1.86. The lowest BCUT2D eigenvalue weighted by Crippen LogP contribution is -2.30.